The molecule has 120 valence electrons. The van der Waals surface area contributed by atoms with E-state index >= 15 is 0 Å². The van der Waals surface area contributed by atoms with Gasteiger partial charge in [0.2, 0.25) is 0 Å². The number of halogens is 1. The van der Waals surface area contributed by atoms with Gasteiger partial charge in [0.05, 0.1) is 5.56 Å². The van der Waals surface area contributed by atoms with E-state index in [9.17, 15) is 4.79 Å². The first-order valence-corrected chi connectivity index (χ1v) is 8.16. The van der Waals surface area contributed by atoms with Crippen molar-refractivity contribution >= 4 is 17.6 Å². The lowest BCUT2D eigenvalue weighted by atomic mass is 9.79. The summed E-state index contributed by atoms with van der Waals surface area (Å²) in [4.78, 5) is 11.0. The molecule has 0 aromatic heterocycles. The third-order valence-electron chi connectivity index (χ3n) is 4.13. The minimum absolute atomic E-state index is 0.169. The van der Waals surface area contributed by atoms with Gasteiger partial charge < -0.3 is 5.11 Å². The predicted molar refractivity (Wildman–Crippen MR) is 95.4 cm³/mol. The number of carboxylic acid groups (broad SMARTS) is 1. The second kappa shape index (κ2) is 7.98. The van der Waals surface area contributed by atoms with Crippen molar-refractivity contribution in [2.75, 3.05) is 0 Å². The van der Waals surface area contributed by atoms with Crippen LogP contribution in [0.3, 0.4) is 0 Å². The average molecular weight is 329 g/mol. The van der Waals surface area contributed by atoms with Gasteiger partial charge in [0.25, 0.3) is 0 Å². The lowest BCUT2D eigenvalue weighted by Crippen LogP contribution is -2.10. The van der Waals surface area contributed by atoms with Crippen molar-refractivity contribution in [2.45, 2.75) is 31.6 Å². The summed E-state index contributed by atoms with van der Waals surface area (Å²) >= 11 is 5.98. The minimum Gasteiger partial charge on any atom is -0.478 e. The standard InChI is InChI=1S/C20H21ClO2/c1-3-5-19(15-6-8-16(9-7-15)20(22)23)18(4-2)14-10-12-17(21)13-11-14/h4,6-13,18-19H,2-3,5H2,1H3,(H,22,23)/t18?,19-/m1/s1. The zero-order chi connectivity index (χ0) is 16.8. The summed E-state index contributed by atoms with van der Waals surface area (Å²) in [6, 6.07) is 15.0. The molecule has 2 nitrogen and oxygen atoms in total. The van der Waals surface area contributed by atoms with Crippen LogP contribution in [0.4, 0.5) is 0 Å². The number of allylic oxidation sites excluding steroid dienone is 1. The van der Waals surface area contributed by atoms with Gasteiger partial charge in [-0.15, -0.1) is 6.58 Å². The maximum absolute atomic E-state index is 11.0. The number of hydrogen-bond acceptors (Lipinski definition) is 1. The summed E-state index contributed by atoms with van der Waals surface area (Å²) in [6.07, 6.45) is 4.02. The SMILES string of the molecule is C=CC(c1ccc(Cl)cc1)[C@H](CCC)c1ccc(C(=O)O)cc1. The molecule has 0 aliphatic rings. The Balaban J connectivity index is 2.36. The number of aromatic carboxylic acids is 1. The van der Waals surface area contributed by atoms with Crippen LogP contribution in [0.2, 0.25) is 5.02 Å². The third kappa shape index (κ3) is 4.23. The highest BCUT2D eigenvalue weighted by atomic mass is 35.5. The molecule has 0 saturated carbocycles. The van der Waals surface area contributed by atoms with E-state index in [1.807, 2.05) is 42.5 Å². The molecule has 0 spiro atoms. The summed E-state index contributed by atoms with van der Waals surface area (Å²) in [5.41, 5.74) is 2.62. The van der Waals surface area contributed by atoms with Crippen molar-refractivity contribution in [1.82, 2.24) is 0 Å². The number of rotatable bonds is 7. The van der Waals surface area contributed by atoms with Crippen LogP contribution in [0, 0.1) is 0 Å². The van der Waals surface area contributed by atoms with Gasteiger partial charge in [-0.3, -0.25) is 0 Å². The van der Waals surface area contributed by atoms with Gasteiger partial charge in [0.1, 0.15) is 0 Å². The van der Waals surface area contributed by atoms with E-state index in [4.69, 9.17) is 16.7 Å². The Hall–Kier alpha value is -2.06. The summed E-state index contributed by atoms with van der Waals surface area (Å²) in [5, 5.41) is 9.77. The molecule has 1 unspecified atom stereocenters. The number of carboxylic acids is 1. The largest absolute Gasteiger partial charge is 0.478 e. The molecule has 0 saturated heterocycles. The molecule has 2 rings (SSSR count). The van der Waals surface area contributed by atoms with Crippen LogP contribution in [0.1, 0.15) is 53.1 Å². The summed E-state index contributed by atoms with van der Waals surface area (Å²) in [6.45, 7) is 6.16. The minimum atomic E-state index is -0.901. The van der Waals surface area contributed by atoms with Gasteiger partial charge in [-0.2, -0.15) is 0 Å². The number of hydrogen-bond donors (Lipinski definition) is 1. The Bertz CT molecular complexity index is 659. The molecule has 0 radical (unpaired) electrons. The highest BCUT2D eigenvalue weighted by Gasteiger charge is 2.22. The first kappa shape index (κ1) is 17.3. The second-order valence-electron chi connectivity index (χ2n) is 5.64. The van der Waals surface area contributed by atoms with E-state index in [0.717, 1.165) is 23.4 Å². The molecule has 3 heteroatoms. The fourth-order valence-electron chi connectivity index (χ4n) is 2.96. The van der Waals surface area contributed by atoms with Crippen LogP contribution < -0.4 is 0 Å². The van der Waals surface area contributed by atoms with Crippen LogP contribution in [0.15, 0.2) is 61.2 Å². The third-order valence-corrected chi connectivity index (χ3v) is 4.38. The van der Waals surface area contributed by atoms with E-state index < -0.39 is 5.97 Å². The molecule has 2 aromatic carbocycles. The topological polar surface area (TPSA) is 37.3 Å². The first-order valence-electron chi connectivity index (χ1n) is 7.78. The van der Waals surface area contributed by atoms with E-state index in [1.54, 1.807) is 12.1 Å². The van der Waals surface area contributed by atoms with Gasteiger partial charge in [-0.1, -0.05) is 55.3 Å². The lowest BCUT2D eigenvalue weighted by Gasteiger charge is -2.25. The summed E-state index contributed by atoms with van der Waals surface area (Å²) in [5.74, 6) is -0.467. The van der Waals surface area contributed by atoms with Crippen LogP contribution in [-0.4, -0.2) is 11.1 Å². The highest BCUT2D eigenvalue weighted by Crippen LogP contribution is 2.37. The second-order valence-corrected chi connectivity index (χ2v) is 6.07. The molecular formula is C20H21ClO2. The van der Waals surface area contributed by atoms with Crippen molar-refractivity contribution in [3.8, 4) is 0 Å². The van der Waals surface area contributed by atoms with Crippen molar-refractivity contribution in [1.29, 1.82) is 0 Å². The van der Waals surface area contributed by atoms with Crippen LogP contribution in [-0.2, 0) is 0 Å². The van der Waals surface area contributed by atoms with Gasteiger partial charge >= 0.3 is 5.97 Å². The molecule has 0 bridgehead atoms. The Kier molecular flexibility index (Phi) is 6.00. The number of carbonyl (C=O) groups is 1. The predicted octanol–water partition coefficient (Wildman–Crippen LogP) is 5.89. The van der Waals surface area contributed by atoms with Gasteiger partial charge in [0.15, 0.2) is 0 Å². The zero-order valence-corrected chi connectivity index (χ0v) is 14.0. The van der Waals surface area contributed by atoms with Crippen molar-refractivity contribution in [3.63, 3.8) is 0 Å². The molecule has 0 heterocycles. The fraction of sp³-hybridized carbons (Fsp3) is 0.250. The molecule has 23 heavy (non-hydrogen) atoms. The molecular weight excluding hydrogens is 308 g/mol. The van der Waals surface area contributed by atoms with E-state index in [-0.39, 0.29) is 11.8 Å². The fourth-order valence-corrected chi connectivity index (χ4v) is 3.08. The average Bonchev–Trinajstić information content (AvgIpc) is 2.56. The molecule has 2 atom stereocenters. The zero-order valence-electron chi connectivity index (χ0n) is 13.2. The van der Waals surface area contributed by atoms with Gasteiger partial charge in [0, 0.05) is 10.9 Å². The molecule has 2 aromatic rings. The van der Waals surface area contributed by atoms with Crippen molar-refractivity contribution in [3.05, 3.63) is 82.9 Å². The monoisotopic (exact) mass is 328 g/mol. The van der Waals surface area contributed by atoms with Crippen LogP contribution in [0.25, 0.3) is 0 Å². The van der Waals surface area contributed by atoms with Crippen molar-refractivity contribution < 1.29 is 9.90 Å². The smallest absolute Gasteiger partial charge is 0.335 e. The molecule has 0 amide bonds. The first-order chi connectivity index (χ1) is 11.1. The lowest BCUT2D eigenvalue weighted by molar-refractivity contribution is 0.0697. The molecule has 0 fully saturated rings. The number of benzene rings is 2. The Morgan fingerprint density at radius 2 is 1.70 bits per heavy atom. The van der Waals surface area contributed by atoms with E-state index in [1.165, 1.54) is 5.56 Å². The van der Waals surface area contributed by atoms with Crippen LogP contribution >= 0.6 is 11.6 Å². The normalized spacial score (nSPS) is 13.3. The Labute approximate surface area is 142 Å². The summed E-state index contributed by atoms with van der Waals surface area (Å²) < 4.78 is 0. The summed E-state index contributed by atoms with van der Waals surface area (Å²) in [7, 11) is 0. The highest BCUT2D eigenvalue weighted by molar-refractivity contribution is 6.30. The molecule has 1 N–H and O–H groups in total. The van der Waals surface area contributed by atoms with Gasteiger partial charge in [-0.05, 0) is 47.7 Å². The van der Waals surface area contributed by atoms with Crippen LogP contribution in [0.5, 0.6) is 0 Å². The quantitative estimate of drug-likeness (QED) is 0.643. The van der Waals surface area contributed by atoms with Gasteiger partial charge in [-0.25, -0.2) is 4.79 Å². The Morgan fingerprint density at radius 1 is 1.13 bits per heavy atom. The molecule has 0 aliphatic carbocycles. The maximum atomic E-state index is 11.0. The Morgan fingerprint density at radius 3 is 2.17 bits per heavy atom. The molecule has 0 aliphatic heterocycles. The van der Waals surface area contributed by atoms with Crippen molar-refractivity contribution in [2.24, 2.45) is 0 Å². The van der Waals surface area contributed by atoms with E-state index in [0.29, 0.717) is 5.56 Å². The maximum Gasteiger partial charge on any atom is 0.335 e. The van der Waals surface area contributed by atoms with E-state index in [2.05, 4.69) is 13.5 Å².